The molecule has 1 amide bonds. The summed E-state index contributed by atoms with van der Waals surface area (Å²) in [5.74, 6) is 0.139. The van der Waals surface area contributed by atoms with Gasteiger partial charge in [-0.05, 0) is 25.1 Å². The molecule has 1 saturated heterocycles. The van der Waals surface area contributed by atoms with Crippen LogP contribution in [-0.4, -0.2) is 30.7 Å². The molecule has 0 radical (unpaired) electrons. The fourth-order valence-corrected chi connectivity index (χ4v) is 1.49. The van der Waals surface area contributed by atoms with Crippen LogP contribution in [0.5, 0.6) is 0 Å². The summed E-state index contributed by atoms with van der Waals surface area (Å²) in [5, 5.41) is 9.49. The zero-order valence-electron chi connectivity index (χ0n) is 7.72. The molecular formula is C8H15N3OS. The van der Waals surface area contributed by atoms with E-state index in [2.05, 4.69) is 16.0 Å². The van der Waals surface area contributed by atoms with Crippen molar-refractivity contribution in [2.45, 2.75) is 25.3 Å². The first kappa shape index (κ1) is 10.2. The highest BCUT2D eigenvalue weighted by Gasteiger charge is 2.15. The molecule has 74 valence electrons. The first-order chi connectivity index (χ1) is 6.22. The van der Waals surface area contributed by atoms with Gasteiger partial charge < -0.3 is 16.0 Å². The minimum Gasteiger partial charge on any atom is -0.366 e. The Morgan fingerprint density at radius 2 is 2.38 bits per heavy atom. The fourth-order valence-electron chi connectivity index (χ4n) is 1.33. The maximum Gasteiger partial charge on any atom is 0.220 e. The van der Waals surface area contributed by atoms with Gasteiger partial charge in [-0.2, -0.15) is 0 Å². The molecule has 5 heteroatoms. The van der Waals surface area contributed by atoms with Crippen molar-refractivity contribution < 1.29 is 4.79 Å². The van der Waals surface area contributed by atoms with Gasteiger partial charge in [0.05, 0.1) is 0 Å². The summed E-state index contributed by atoms with van der Waals surface area (Å²) in [6, 6.07) is 0.318. The van der Waals surface area contributed by atoms with Crippen molar-refractivity contribution in [3.05, 3.63) is 0 Å². The second-order valence-corrected chi connectivity index (χ2v) is 3.51. The molecule has 1 aliphatic heterocycles. The monoisotopic (exact) mass is 201 g/mol. The van der Waals surface area contributed by atoms with Gasteiger partial charge >= 0.3 is 0 Å². The predicted octanol–water partition coefficient (Wildman–Crippen LogP) is -0.251. The Labute approximate surface area is 83.5 Å². The van der Waals surface area contributed by atoms with Gasteiger partial charge in [0.1, 0.15) is 0 Å². The Balaban J connectivity index is 2.33. The van der Waals surface area contributed by atoms with Crippen LogP contribution in [0.3, 0.4) is 0 Å². The van der Waals surface area contributed by atoms with Crippen molar-refractivity contribution in [3.63, 3.8) is 0 Å². The summed E-state index contributed by atoms with van der Waals surface area (Å²) in [5.41, 5.74) is 0. The van der Waals surface area contributed by atoms with E-state index in [4.69, 9.17) is 12.2 Å². The second kappa shape index (κ2) is 5.01. The number of rotatable bonds is 1. The lowest BCUT2D eigenvalue weighted by atomic mass is 10.1. The molecule has 0 aromatic heterocycles. The SMILES string of the molecule is CNC(=S)NC1CCNC(=O)CC1. The Morgan fingerprint density at radius 1 is 1.62 bits per heavy atom. The van der Waals surface area contributed by atoms with E-state index in [0.29, 0.717) is 17.6 Å². The lowest BCUT2D eigenvalue weighted by Crippen LogP contribution is -2.40. The molecule has 13 heavy (non-hydrogen) atoms. The van der Waals surface area contributed by atoms with E-state index in [-0.39, 0.29) is 5.91 Å². The quantitative estimate of drug-likeness (QED) is 0.512. The molecule has 0 aliphatic carbocycles. The van der Waals surface area contributed by atoms with Crippen molar-refractivity contribution in [3.8, 4) is 0 Å². The molecule has 0 bridgehead atoms. The van der Waals surface area contributed by atoms with Gasteiger partial charge in [-0.15, -0.1) is 0 Å². The smallest absolute Gasteiger partial charge is 0.220 e. The largest absolute Gasteiger partial charge is 0.366 e. The Kier molecular flexibility index (Phi) is 3.95. The summed E-state index contributed by atoms with van der Waals surface area (Å²) < 4.78 is 0. The van der Waals surface area contributed by atoms with Crippen LogP contribution in [0.25, 0.3) is 0 Å². The minimum atomic E-state index is 0.139. The Morgan fingerprint density at radius 3 is 3.08 bits per heavy atom. The van der Waals surface area contributed by atoms with E-state index >= 15 is 0 Å². The van der Waals surface area contributed by atoms with Crippen molar-refractivity contribution in [2.75, 3.05) is 13.6 Å². The maximum atomic E-state index is 11.0. The van der Waals surface area contributed by atoms with Gasteiger partial charge in [0, 0.05) is 26.1 Å². The first-order valence-corrected chi connectivity index (χ1v) is 4.88. The lowest BCUT2D eigenvalue weighted by Gasteiger charge is -2.16. The van der Waals surface area contributed by atoms with Gasteiger partial charge in [0.2, 0.25) is 5.91 Å². The van der Waals surface area contributed by atoms with Crippen molar-refractivity contribution in [2.24, 2.45) is 0 Å². The standard InChI is InChI=1S/C8H15N3OS/c1-9-8(13)11-6-2-3-7(12)10-5-4-6/h6H,2-5H2,1H3,(H,10,12)(H2,9,11,13). The van der Waals surface area contributed by atoms with E-state index < -0.39 is 0 Å². The van der Waals surface area contributed by atoms with Gasteiger partial charge in [0.25, 0.3) is 0 Å². The lowest BCUT2D eigenvalue weighted by molar-refractivity contribution is -0.120. The number of amides is 1. The molecule has 3 N–H and O–H groups in total. The second-order valence-electron chi connectivity index (χ2n) is 3.10. The normalized spacial score (nSPS) is 22.8. The summed E-state index contributed by atoms with van der Waals surface area (Å²) in [6.45, 7) is 0.739. The Hall–Kier alpha value is -0.840. The molecule has 0 aromatic rings. The van der Waals surface area contributed by atoms with Crippen LogP contribution in [0.1, 0.15) is 19.3 Å². The van der Waals surface area contributed by atoms with E-state index in [0.717, 1.165) is 19.4 Å². The molecule has 4 nitrogen and oxygen atoms in total. The van der Waals surface area contributed by atoms with Crippen LogP contribution in [-0.2, 0) is 4.79 Å². The van der Waals surface area contributed by atoms with E-state index in [1.807, 2.05) is 0 Å². The van der Waals surface area contributed by atoms with Crippen molar-refractivity contribution in [1.29, 1.82) is 0 Å². The number of hydrogen-bond acceptors (Lipinski definition) is 2. The molecule has 1 atom stereocenters. The highest BCUT2D eigenvalue weighted by atomic mass is 32.1. The van der Waals surface area contributed by atoms with Crippen molar-refractivity contribution in [1.82, 2.24) is 16.0 Å². The third-order valence-corrected chi connectivity index (χ3v) is 2.42. The number of nitrogens with one attached hydrogen (secondary N) is 3. The molecule has 0 aromatic carbocycles. The van der Waals surface area contributed by atoms with Crippen LogP contribution in [0.15, 0.2) is 0 Å². The molecule has 1 rings (SSSR count). The molecule has 1 fully saturated rings. The number of thiocarbonyl (C=S) groups is 1. The van der Waals surface area contributed by atoms with Gasteiger partial charge in [-0.25, -0.2) is 0 Å². The molecule has 1 aliphatic rings. The van der Waals surface area contributed by atoms with Gasteiger partial charge in [-0.1, -0.05) is 0 Å². The maximum absolute atomic E-state index is 11.0. The molecular weight excluding hydrogens is 186 g/mol. The average Bonchev–Trinajstić information content (AvgIpc) is 2.31. The third-order valence-electron chi connectivity index (χ3n) is 2.10. The average molecular weight is 201 g/mol. The van der Waals surface area contributed by atoms with E-state index in [1.165, 1.54) is 0 Å². The number of hydrogen-bond donors (Lipinski definition) is 3. The highest BCUT2D eigenvalue weighted by Crippen LogP contribution is 2.05. The predicted molar refractivity (Wildman–Crippen MR) is 55.4 cm³/mol. The zero-order chi connectivity index (χ0) is 9.68. The van der Waals surface area contributed by atoms with Crippen LogP contribution in [0, 0.1) is 0 Å². The number of carbonyl (C=O) groups excluding carboxylic acids is 1. The topological polar surface area (TPSA) is 53.2 Å². The molecule has 1 unspecified atom stereocenters. The van der Waals surface area contributed by atoms with Crippen LogP contribution in [0.2, 0.25) is 0 Å². The van der Waals surface area contributed by atoms with Gasteiger partial charge in [-0.3, -0.25) is 4.79 Å². The van der Waals surface area contributed by atoms with Crippen LogP contribution in [0.4, 0.5) is 0 Å². The summed E-state index contributed by atoms with van der Waals surface area (Å²) >= 11 is 4.98. The van der Waals surface area contributed by atoms with Gasteiger partial charge in [0.15, 0.2) is 5.11 Å². The van der Waals surface area contributed by atoms with Crippen LogP contribution < -0.4 is 16.0 Å². The number of carbonyl (C=O) groups is 1. The fraction of sp³-hybridized carbons (Fsp3) is 0.750. The molecule has 0 spiro atoms. The van der Waals surface area contributed by atoms with Crippen LogP contribution >= 0.6 is 12.2 Å². The van der Waals surface area contributed by atoms with E-state index in [1.54, 1.807) is 7.05 Å². The van der Waals surface area contributed by atoms with E-state index in [9.17, 15) is 4.79 Å². The minimum absolute atomic E-state index is 0.139. The zero-order valence-corrected chi connectivity index (χ0v) is 8.54. The summed E-state index contributed by atoms with van der Waals surface area (Å²) in [6.07, 6.45) is 2.38. The molecule has 0 saturated carbocycles. The van der Waals surface area contributed by atoms with Crippen molar-refractivity contribution >= 4 is 23.2 Å². The summed E-state index contributed by atoms with van der Waals surface area (Å²) in [4.78, 5) is 11.0. The first-order valence-electron chi connectivity index (χ1n) is 4.47. The summed E-state index contributed by atoms with van der Waals surface area (Å²) in [7, 11) is 1.79. The highest BCUT2D eigenvalue weighted by molar-refractivity contribution is 7.80. The Bertz CT molecular complexity index is 208. The molecule has 1 heterocycles. The third kappa shape index (κ3) is 3.59.